The van der Waals surface area contributed by atoms with Crippen LogP contribution in [0.5, 0.6) is 0 Å². The lowest BCUT2D eigenvalue weighted by atomic mass is 10.1. The van der Waals surface area contributed by atoms with E-state index >= 15 is 0 Å². The van der Waals surface area contributed by atoms with Crippen molar-refractivity contribution in [1.82, 2.24) is 19.7 Å². The topological polar surface area (TPSA) is 72.7 Å². The van der Waals surface area contributed by atoms with Gasteiger partial charge in [0, 0.05) is 25.1 Å². The fraction of sp³-hybridized carbons (Fsp3) is 0.200. The lowest BCUT2D eigenvalue weighted by Crippen LogP contribution is -2.04. The summed E-state index contributed by atoms with van der Waals surface area (Å²) in [6.07, 6.45) is 4.88. The van der Waals surface area contributed by atoms with Gasteiger partial charge in [-0.1, -0.05) is 23.1 Å². The van der Waals surface area contributed by atoms with Crippen LogP contribution in [0.3, 0.4) is 0 Å². The highest BCUT2D eigenvalue weighted by Gasteiger charge is 2.11. The smallest absolute Gasteiger partial charge is 0.223 e. The summed E-state index contributed by atoms with van der Waals surface area (Å²) < 4.78 is 16.7. The normalized spacial score (nSPS) is 10.8. The Morgan fingerprint density at radius 2 is 2.25 bits per heavy atom. The number of thioether (sulfide) groups is 1. The third-order valence-electron chi connectivity index (χ3n) is 3.23. The Balaban J connectivity index is 1.72. The summed E-state index contributed by atoms with van der Waals surface area (Å²) in [7, 11) is 0. The number of carbonyl (C=O) groups is 1. The van der Waals surface area contributed by atoms with Gasteiger partial charge in [-0.05, 0) is 30.2 Å². The van der Waals surface area contributed by atoms with Crippen LogP contribution in [0.2, 0.25) is 0 Å². The highest BCUT2D eigenvalue weighted by atomic mass is 32.2. The minimum absolute atomic E-state index is 0.185. The van der Waals surface area contributed by atoms with Crippen molar-refractivity contribution in [2.75, 3.05) is 5.32 Å². The quantitative estimate of drug-likeness (QED) is 0.555. The van der Waals surface area contributed by atoms with Crippen molar-refractivity contribution in [3.8, 4) is 5.69 Å². The second-order valence-electron chi connectivity index (χ2n) is 5.04. The molecule has 0 atom stereocenters. The molecule has 0 fully saturated rings. The van der Waals surface area contributed by atoms with E-state index in [4.69, 9.17) is 0 Å². The Labute approximate surface area is 146 Å². The third kappa shape index (κ3) is 3.80. The first-order valence-electron chi connectivity index (χ1n) is 7.04. The fourth-order valence-electron chi connectivity index (χ4n) is 2.07. The maximum atomic E-state index is 14.3. The molecule has 0 aliphatic heterocycles. The van der Waals surface area contributed by atoms with Crippen LogP contribution in [0.25, 0.3) is 5.69 Å². The molecule has 0 saturated carbocycles. The Hall–Kier alpha value is -2.26. The number of carbonyl (C=O) groups excluding carboxylic acids is 1. The van der Waals surface area contributed by atoms with Crippen LogP contribution >= 0.6 is 23.1 Å². The number of nitrogens with zero attached hydrogens (tertiary/aromatic N) is 4. The molecule has 1 N–H and O–H groups in total. The summed E-state index contributed by atoms with van der Waals surface area (Å²) >= 11 is 2.75. The number of rotatable bonds is 5. The van der Waals surface area contributed by atoms with E-state index in [-0.39, 0.29) is 11.7 Å². The number of nitrogens with one attached hydrogen (secondary N) is 1. The predicted octanol–water partition coefficient (Wildman–Crippen LogP) is 3.42. The van der Waals surface area contributed by atoms with E-state index in [1.807, 2.05) is 6.92 Å². The first kappa shape index (κ1) is 16.6. The zero-order valence-corrected chi connectivity index (χ0v) is 14.6. The van der Waals surface area contributed by atoms with Gasteiger partial charge in [0.2, 0.25) is 11.0 Å². The highest BCUT2D eigenvalue weighted by molar-refractivity contribution is 8.00. The molecule has 9 heteroatoms. The van der Waals surface area contributed by atoms with E-state index in [0.29, 0.717) is 16.6 Å². The first-order valence-corrected chi connectivity index (χ1v) is 8.84. The molecule has 0 saturated heterocycles. The molecular formula is C15H14FN5OS2. The van der Waals surface area contributed by atoms with Gasteiger partial charge in [-0.15, -0.1) is 10.2 Å². The van der Waals surface area contributed by atoms with E-state index < -0.39 is 0 Å². The summed E-state index contributed by atoms with van der Waals surface area (Å²) in [4.78, 5) is 14.9. The van der Waals surface area contributed by atoms with Gasteiger partial charge in [-0.3, -0.25) is 4.79 Å². The summed E-state index contributed by atoms with van der Waals surface area (Å²) in [5.41, 5.74) is 2.35. The van der Waals surface area contributed by atoms with Crippen molar-refractivity contribution in [2.45, 2.75) is 23.9 Å². The van der Waals surface area contributed by atoms with Crippen LogP contribution in [-0.2, 0) is 10.5 Å². The summed E-state index contributed by atoms with van der Waals surface area (Å²) in [6, 6.07) is 3.34. The van der Waals surface area contributed by atoms with Crippen LogP contribution in [0.4, 0.5) is 9.52 Å². The molecule has 6 nitrogen and oxygen atoms in total. The van der Waals surface area contributed by atoms with E-state index in [0.717, 1.165) is 15.5 Å². The van der Waals surface area contributed by atoms with Gasteiger partial charge in [0.15, 0.2) is 4.34 Å². The molecule has 1 aromatic carbocycles. The van der Waals surface area contributed by atoms with E-state index in [9.17, 15) is 9.18 Å². The third-order valence-corrected chi connectivity index (χ3v) is 5.25. The molecule has 1 amide bonds. The number of aryl methyl sites for hydroxylation is 1. The molecular weight excluding hydrogens is 349 g/mol. The van der Waals surface area contributed by atoms with Gasteiger partial charge < -0.3 is 9.88 Å². The average molecular weight is 363 g/mol. The van der Waals surface area contributed by atoms with Crippen LogP contribution < -0.4 is 5.32 Å². The van der Waals surface area contributed by atoms with Gasteiger partial charge >= 0.3 is 0 Å². The van der Waals surface area contributed by atoms with Crippen LogP contribution in [0.15, 0.2) is 35.2 Å². The van der Waals surface area contributed by atoms with Crippen molar-refractivity contribution < 1.29 is 9.18 Å². The van der Waals surface area contributed by atoms with E-state index in [2.05, 4.69) is 20.5 Å². The van der Waals surface area contributed by atoms with Crippen LogP contribution in [0.1, 0.15) is 18.1 Å². The number of anilines is 1. The van der Waals surface area contributed by atoms with Crippen molar-refractivity contribution >= 4 is 34.1 Å². The summed E-state index contributed by atoms with van der Waals surface area (Å²) in [5, 5.41) is 10.9. The van der Waals surface area contributed by atoms with Gasteiger partial charge in [0.1, 0.15) is 5.82 Å². The molecule has 0 aliphatic carbocycles. The van der Waals surface area contributed by atoms with Crippen molar-refractivity contribution in [3.05, 3.63) is 47.8 Å². The second kappa shape index (κ2) is 7.10. The van der Waals surface area contributed by atoms with Crippen LogP contribution in [-0.4, -0.2) is 25.7 Å². The fourth-order valence-corrected chi connectivity index (χ4v) is 3.93. The zero-order valence-electron chi connectivity index (χ0n) is 13.0. The maximum absolute atomic E-state index is 14.3. The largest absolute Gasteiger partial charge is 0.303 e. The number of hydrogen-bond acceptors (Lipinski definition) is 6. The molecule has 124 valence electrons. The number of aromatic nitrogens is 4. The molecule has 2 aromatic heterocycles. The van der Waals surface area contributed by atoms with Gasteiger partial charge in [-0.2, -0.15) is 0 Å². The molecule has 3 aromatic rings. The molecule has 2 heterocycles. The van der Waals surface area contributed by atoms with E-state index in [1.54, 1.807) is 29.4 Å². The van der Waals surface area contributed by atoms with Gasteiger partial charge in [0.05, 0.1) is 12.0 Å². The standard InChI is InChI=1S/C15H14FN5OS2/c1-9-5-13(21-4-3-17-8-21)12(16)6-11(9)7-23-15-20-19-14(24-15)18-10(2)22/h3-6,8H,7H2,1-2H3,(H,18,19,22). The Bertz CT molecular complexity index is 863. The Kier molecular flexibility index (Phi) is 4.91. The zero-order chi connectivity index (χ0) is 17.1. The number of benzene rings is 1. The van der Waals surface area contributed by atoms with Crippen LogP contribution in [0, 0.1) is 12.7 Å². The number of hydrogen-bond donors (Lipinski definition) is 1. The molecule has 0 bridgehead atoms. The molecule has 24 heavy (non-hydrogen) atoms. The minimum atomic E-state index is -0.301. The molecule has 0 unspecified atom stereocenters. The second-order valence-corrected chi connectivity index (χ2v) is 7.24. The molecule has 0 spiro atoms. The first-order chi connectivity index (χ1) is 11.5. The van der Waals surface area contributed by atoms with E-state index in [1.165, 1.54) is 36.1 Å². The minimum Gasteiger partial charge on any atom is -0.303 e. The highest BCUT2D eigenvalue weighted by Crippen LogP contribution is 2.30. The van der Waals surface area contributed by atoms with Crippen molar-refractivity contribution in [2.24, 2.45) is 0 Å². The monoisotopic (exact) mass is 363 g/mol. The summed E-state index contributed by atoms with van der Waals surface area (Å²) in [5.74, 6) is 0.0860. The maximum Gasteiger partial charge on any atom is 0.223 e. The average Bonchev–Trinajstić information content (AvgIpc) is 3.19. The molecule has 0 radical (unpaired) electrons. The lowest BCUT2D eigenvalue weighted by molar-refractivity contribution is -0.114. The number of amides is 1. The van der Waals surface area contributed by atoms with Gasteiger partial charge in [0.25, 0.3) is 0 Å². The van der Waals surface area contributed by atoms with Crippen molar-refractivity contribution in [3.63, 3.8) is 0 Å². The SMILES string of the molecule is CC(=O)Nc1nnc(SCc2cc(F)c(-n3ccnc3)cc2C)s1. The lowest BCUT2D eigenvalue weighted by Gasteiger charge is -2.10. The summed E-state index contributed by atoms with van der Waals surface area (Å²) in [6.45, 7) is 3.36. The molecule has 0 aliphatic rings. The van der Waals surface area contributed by atoms with Gasteiger partial charge in [-0.25, -0.2) is 9.37 Å². The Morgan fingerprint density at radius 3 is 2.96 bits per heavy atom. The number of imidazole rings is 1. The number of halogens is 1. The predicted molar refractivity (Wildman–Crippen MR) is 92.0 cm³/mol. The van der Waals surface area contributed by atoms with Crippen molar-refractivity contribution in [1.29, 1.82) is 0 Å². The Morgan fingerprint density at radius 1 is 1.42 bits per heavy atom. The molecule has 3 rings (SSSR count).